The summed E-state index contributed by atoms with van der Waals surface area (Å²) in [7, 11) is 0. The molecular weight excluding hydrogens is 232 g/mol. The first-order chi connectivity index (χ1) is 8.35. The van der Waals surface area contributed by atoms with Crippen LogP contribution in [0.4, 0.5) is 0 Å². The van der Waals surface area contributed by atoms with Crippen molar-refractivity contribution in [3.05, 3.63) is 24.3 Å². The minimum absolute atomic E-state index is 0.218. The Bertz CT molecular complexity index is 331. The van der Waals surface area contributed by atoms with Gasteiger partial charge in [0.05, 0.1) is 0 Å². The van der Waals surface area contributed by atoms with Crippen LogP contribution in [0.2, 0.25) is 0 Å². The van der Waals surface area contributed by atoms with E-state index in [4.69, 9.17) is 9.47 Å². The van der Waals surface area contributed by atoms with E-state index in [1.165, 1.54) is 13.8 Å². The summed E-state index contributed by atoms with van der Waals surface area (Å²) in [6, 6.07) is 0. The van der Waals surface area contributed by atoms with Crippen molar-refractivity contribution >= 4 is 11.9 Å². The molecule has 0 radical (unpaired) electrons. The number of allylic oxidation sites excluding steroid dienone is 1. The van der Waals surface area contributed by atoms with Crippen molar-refractivity contribution in [2.45, 2.75) is 40.2 Å². The Morgan fingerprint density at radius 1 is 1.22 bits per heavy atom. The van der Waals surface area contributed by atoms with Crippen molar-refractivity contribution in [2.75, 3.05) is 6.61 Å². The molecule has 0 aliphatic heterocycles. The highest BCUT2D eigenvalue weighted by atomic mass is 16.5. The van der Waals surface area contributed by atoms with E-state index in [0.717, 1.165) is 5.57 Å². The van der Waals surface area contributed by atoms with Gasteiger partial charge in [-0.05, 0) is 30.9 Å². The molecule has 0 N–H and O–H groups in total. The molecule has 2 atom stereocenters. The minimum atomic E-state index is -0.328. The Hall–Kier alpha value is -1.58. The molecule has 4 heteroatoms. The van der Waals surface area contributed by atoms with Gasteiger partial charge < -0.3 is 9.47 Å². The second kappa shape index (κ2) is 8.50. The van der Waals surface area contributed by atoms with Crippen molar-refractivity contribution in [1.82, 2.24) is 0 Å². The number of hydrogen-bond donors (Lipinski definition) is 0. The lowest BCUT2D eigenvalue weighted by Crippen LogP contribution is -2.17. The van der Waals surface area contributed by atoms with Gasteiger partial charge in [0.1, 0.15) is 12.7 Å². The first-order valence-electron chi connectivity index (χ1n) is 5.95. The Labute approximate surface area is 109 Å². The predicted molar refractivity (Wildman–Crippen MR) is 69.9 cm³/mol. The zero-order valence-corrected chi connectivity index (χ0v) is 11.6. The van der Waals surface area contributed by atoms with Crippen LogP contribution < -0.4 is 0 Å². The average Bonchev–Trinajstić information content (AvgIpc) is 2.25. The number of carbonyl (C=O) groups excluding carboxylic acids is 2. The SMILES string of the molecule is C=CC(C)CC(C=C(C)COC(C)=O)OC(C)=O. The summed E-state index contributed by atoms with van der Waals surface area (Å²) < 4.78 is 10.1. The summed E-state index contributed by atoms with van der Waals surface area (Å²) in [6.07, 6.45) is 3.97. The molecule has 0 fully saturated rings. The maximum atomic E-state index is 11.0. The van der Waals surface area contributed by atoms with Crippen LogP contribution in [0.15, 0.2) is 24.3 Å². The zero-order valence-electron chi connectivity index (χ0n) is 11.6. The highest BCUT2D eigenvalue weighted by molar-refractivity contribution is 5.66. The molecule has 0 heterocycles. The molecule has 0 rings (SSSR count). The van der Waals surface area contributed by atoms with E-state index in [2.05, 4.69) is 6.58 Å². The first-order valence-corrected chi connectivity index (χ1v) is 5.95. The Morgan fingerprint density at radius 3 is 2.28 bits per heavy atom. The largest absolute Gasteiger partial charge is 0.461 e. The normalized spacial score (nSPS) is 14.6. The van der Waals surface area contributed by atoms with Crippen molar-refractivity contribution in [2.24, 2.45) is 5.92 Å². The molecule has 18 heavy (non-hydrogen) atoms. The van der Waals surface area contributed by atoms with Gasteiger partial charge in [-0.2, -0.15) is 0 Å². The van der Waals surface area contributed by atoms with Gasteiger partial charge in [-0.1, -0.05) is 13.0 Å². The predicted octanol–water partition coefficient (Wildman–Crippen LogP) is 2.64. The number of hydrogen-bond acceptors (Lipinski definition) is 4. The third-order valence-corrected chi connectivity index (χ3v) is 2.30. The Morgan fingerprint density at radius 2 is 1.83 bits per heavy atom. The Kier molecular flexibility index (Phi) is 7.76. The average molecular weight is 254 g/mol. The molecule has 0 bridgehead atoms. The number of ether oxygens (including phenoxy) is 2. The van der Waals surface area contributed by atoms with Gasteiger partial charge in [0, 0.05) is 13.8 Å². The van der Waals surface area contributed by atoms with Gasteiger partial charge >= 0.3 is 11.9 Å². The molecule has 0 aromatic carbocycles. The summed E-state index contributed by atoms with van der Waals surface area (Å²) in [5, 5.41) is 0. The second-order valence-electron chi connectivity index (χ2n) is 4.39. The minimum Gasteiger partial charge on any atom is -0.461 e. The van der Waals surface area contributed by atoms with Crippen LogP contribution in [-0.2, 0) is 19.1 Å². The fourth-order valence-corrected chi connectivity index (χ4v) is 1.41. The standard InChI is InChI=1S/C14H22O4/c1-6-10(2)7-14(18-13(5)16)8-11(3)9-17-12(4)15/h6,8,10,14H,1,7,9H2,2-5H3. The van der Waals surface area contributed by atoms with Crippen molar-refractivity contribution in [3.8, 4) is 0 Å². The van der Waals surface area contributed by atoms with Crippen molar-refractivity contribution < 1.29 is 19.1 Å². The highest BCUT2D eigenvalue weighted by Gasteiger charge is 2.12. The van der Waals surface area contributed by atoms with E-state index in [9.17, 15) is 9.59 Å². The van der Waals surface area contributed by atoms with Gasteiger partial charge in [-0.25, -0.2) is 0 Å². The lowest BCUT2D eigenvalue weighted by atomic mass is 10.0. The molecule has 0 aromatic heterocycles. The third-order valence-electron chi connectivity index (χ3n) is 2.30. The topological polar surface area (TPSA) is 52.6 Å². The van der Waals surface area contributed by atoms with Gasteiger partial charge in [0.25, 0.3) is 0 Å². The number of rotatable bonds is 7. The lowest BCUT2D eigenvalue weighted by molar-refractivity contribution is -0.145. The van der Waals surface area contributed by atoms with E-state index < -0.39 is 0 Å². The van der Waals surface area contributed by atoms with Crippen LogP contribution in [0.5, 0.6) is 0 Å². The fraction of sp³-hybridized carbons (Fsp3) is 0.571. The number of esters is 2. The molecule has 2 unspecified atom stereocenters. The van der Waals surface area contributed by atoms with Gasteiger partial charge in [-0.3, -0.25) is 9.59 Å². The summed E-state index contributed by atoms with van der Waals surface area (Å²) >= 11 is 0. The van der Waals surface area contributed by atoms with Crippen LogP contribution in [0.25, 0.3) is 0 Å². The molecule has 0 aliphatic rings. The van der Waals surface area contributed by atoms with E-state index in [0.29, 0.717) is 6.42 Å². The molecule has 102 valence electrons. The fourth-order valence-electron chi connectivity index (χ4n) is 1.41. The van der Waals surface area contributed by atoms with E-state index >= 15 is 0 Å². The van der Waals surface area contributed by atoms with Gasteiger partial charge in [0.15, 0.2) is 0 Å². The summed E-state index contributed by atoms with van der Waals surface area (Å²) in [5.41, 5.74) is 0.854. The molecule has 0 aromatic rings. The smallest absolute Gasteiger partial charge is 0.303 e. The second-order valence-corrected chi connectivity index (χ2v) is 4.39. The molecule has 0 spiro atoms. The third kappa shape index (κ3) is 8.56. The van der Waals surface area contributed by atoms with E-state index in [1.54, 1.807) is 0 Å². The summed E-state index contributed by atoms with van der Waals surface area (Å²) in [5.74, 6) is -0.411. The molecule has 0 saturated carbocycles. The first kappa shape index (κ1) is 16.4. The van der Waals surface area contributed by atoms with Crippen LogP contribution >= 0.6 is 0 Å². The Balaban J connectivity index is 4.53. The van der Waals surface area contributed by atoms with Crippen molar-refractivity contribution in [1.29, 1.82) is 0 Å². The summed E-state index contributed by atoms with van der Waals surface area (Å²) in [4.78, 5) is 21.7. The van der Waals surface area contributed by atoms with Gasteiger partial charge in [-0.15, -0.1) is 6.58 Å². The van der Waals surface area contributed by atoms with Gasteiger partial charge in [0.2, 0.25) is 0 Å². The van der Waals surface area contributed by atoms with Crippen LogP contribution in [0.1, 0.15) is 34.1 Å². The lowest BCUT2D eigenvalue weighted by Gasteiger charge is -2.17. The monoisotopic (exact) mass is 254 g/mol. The molecule has 0 aliphatic carbocycles. The van der Waals surface area contributed by atoms with Crippen LogP contribution in [0.3, 0.4) is 0 Å². The highest BCUT2D eigenvalue weighted by Crippen LogP contribution is 2.13. The van der Waals surface area contributed by atoms with Crippen molar-refractivity contribution in [3.63, 3.8) is 0 Å². The quantitative estimate of drug-likeness (QED) is 0.517. The molecule has 0 amide bonds. The maximum absolute atomic E-state index is 11.0. The van der Waals surface area contributed by atoms with Crippen LogP contribution in [-0.4, -0.2) is 24.6 Å². The molecule has 0 saturated heterocycles. The zero-order chi connectivity index (χ0) is 14.1. The number of carbonyl (C=O) groups is 2. The summed E-state index contributed by atoms with van der Waals surface area (Å²) in [6.45, 7) is 10.5. The maximum Gasteiger partial charge on any atom is 0.303 e. The molecule has 4 nitrogen and oxygen atoms in total. The van der Waals surface area contributed by atoms with E-state index in [-0.39, 0.29) is 30.6 Å². The molecular formula is C14H22O4. The van der Waals surface area contributed by atoms with E-state index in [1.807, 2.05) is 26.0 Å². The van der Waals surface area contributed by atoms with Crippen LogP contribution in [0, 0.1) is 5.92 Å².